The van der Waals surface area contributed by atoms with Crippen LogP contribution in [0, 0.1) is 17.7 Å². The maximum Gasteiger partial charge on any atom is 0.272 e. The lowest BCUT2D eigenvalue weighted by Gasteiger charge is -2.09. The Kier molecular flexibility index (Phi) is 4.75. The molecule has 4 nitrogen and oxygen atoms in total. The lowest BCUT2D eigenvalue weighted by molar-refractivity contribution is 0.101. The topological polar surface area (TPSA) is 54.3 Å². The van der Waals surface area contributed by atoms with Crippen molar-refractivity contribution in [3.63, 3.8) is 0 Å². The zero-order valence-electron chi connectivity index (χ0n) is 11.6. The van der Waals surface area contributed by atoms with E-state index in [0.717, 1.165) is 0 Å². The number of aromatic nitrogens is 1. The summed E-state index contributed by atoms with van der Waals surface area (Å²) in [5, 5.41) is 11.4. The summed E-state index contributed by atoms with van der Waals surface area (Å²) in [6.07, 6.45) is 1.81. The molecule has 0 aliphatic carbocycles. The molecule has 0 radical (unpaired) electrons. The smallest absolute Gasteiger partial charge is 0.272 e. The molecular weight excluding hydrogens is 271 g/mol. The summed E-state index contributed by atoms with van der Waals surface area (Å²) >= 11 is 0. The van der Waals surface area contributed by atoms with Gasteiger partial charge >= 0.3 is 0 Å². The van der Waals surface area contributed by atoms with Crippen LogP contribution in [0.25, 0.3) is 0 Å². The first kappa shape index (κ1) is 14.8. The lowest BCUT2D eigenvalue weighted by atomic mass is 10.1. The summed E-state index contributed by atoms with van der Waals surface area (Å²) in [6, 6.07) is 7.42. The number of halogens is 1. The van der Waals surface area contributed by atoms with Gasteiger partial charge in [-0.15, -0.1) is 0 Å². The average molecular weight is 286 g/mol. The summed E-state index contributed by atoms with van der Waals surface area (Å²) < 4.78 is 15.1. The van der Waals surface area contributed by atoms with Crippen LogP contribution < -0.4 is 5.32 Å². The molecule has 1 aromatic heterocycles. The normalized spacial score (nSPS) is 9.86. The maximum absolute atomic E-state index is 13.3. The predicted octanol–water partition coefficient (Wildman–Crippen LogP) is 2.24. The van der Waals surface area contributed by atoms with Crippen LogP contribution in [0.4, 0.5) is 10.1 Å². The quantitative estimate of drug-likeness (QED) is 0.850. The van der Waals surface area contributed by atoms with E-state index in [1.807, 2.05) is 13.1 Å². The van der Waals surface area contributed by atoms with E-state index < -0.39 is 5.82 Å². The minimum absolute atomic E-state index is 0.291. The molecule has 0 saturated heterocycles. The minimum atomic E-state index is -0.452. The molecule has 1 amide bonds. The highest BCUT2D eigenvalue weighted by atomic mass is 19.1. The summed E-state index contributed by atoms with van der Waals surface area (Å²) in [5.74, 6) is 4.32. The van der Waals surface area contributed by atoms with Crippen LogP contribution in [0.1, 0.15) is 23.0 Å². The van der Waals surface area contributed by atoms with E-state index in [0.29, 0.717) is 23.5 Å². The van der Waals surface area contributed by atoms with Crippen molar-refractivity contribution in [2.45, 2.75) is 13.5 Å². The first-order valence-electron chi connectivity index (χ1n) is 6.51. The number of nitrogens with one attached hydrogen (secondary N) is 1. The Morgan fingerprint density at radius 3 is 2.95 bits per heavy atom. The largest absolute Gasteiger partial charge is 0.384 e. The van der Waals surface area contributed by atoms with Crippen molar-refractivity contribution in [3.05, 3.63) is 53.6 Å². The van der Waals surface area contributed by atoms with E-state index in [2.05, 4.69) is 17.2 Å². The number of benzene rings is 1. The third kappa shape index (κ3) is 3.50. The van der Waals surface area contributed by atoms with Crippen molar-refractivity contribution in [1.82, 2.24) is 4.57 Å². The Labute approximate surface area is 122 Å². The molecule has 0 atom stereocenters. The molecule has 21 heavy (non-hydrogen) atoms. The number of aliphatic hydroxyl groups is 1. The zero-order valence-corrected chi connectivity index (χ0v) is 11.6. The van der Waals surface area contributed by atoms with Crippen LogP contribution in [-0.2, 0) is 6.54 Å². The van der Waals surface area contributed by atoms with Crippen LogP contribution >= 0.6 is 0 Å². The van der Waals surface area contributed by atoms with Crippen LogP contribution in [-0.4, -0.2) is 22.2 Å². The van der Waals surface area contributed by atoms with Gasteiger partial charge in [-0.2, -0.15) is 0 Å². The fourth-order valence-electron chi connectivity index (χ4n) is 1.95. The van der Waals surface area contributed by atoms with E-state index in [-0.39, 0.29) is 12.5 Å². The maximum atomic E-state index is 13.3. The molecule has 0 aliphatic heterocycles. The summed E-state index contributed by atoms with van der Waals surface area (Å²) in [4.78, 5) is 12.2. The van der Waals surface area contributed by atoms with E-state index in [1.54, 1.807) is 16.7 Å². The Morgan fingerprint density at radius 1 is 1.43 bits per heavy atom. The highest BCUT2D eigenvalue weighted by Crippen LogP contribution is 2.17. The van der Waals surface area contributed by atoms with E-state index >= 15 is 0 Å². The molecule has 108 valence electrons. The van der Waals surface area contributed by atoms with Gasteiger partial charge in [-0.25, -0.2) is 4.39 Å². The number of amides is 1. The second-order valence-corrected chi connectivity index (χ2v) is 4.28. The third-order valence-electron chi connectivity index (χ3n) is 2.93. The molecule has 2 aromatic rings. The molecular formula is C16H15FN2O2. The molecule has 0 saturated carbocycles. The van der Waals surface area contributed by atoms with Gasteiger partial charge in [0, 0.05) is 12.7 Å². The van der Waals surface area contributed by atoms with Gasteiger partial charge < -0.3 is 15.0 Å². The highest BCUT2D eigenvalue weighted by molar-refractivity contribution is 6.03. The van der Waals surface area contributed by atoms with Gasteiger partial charge in [0.25, 0.3) is 5.91 Å². The number of carbonyl (C=O) groups excluding carboxylic acids is 1. The van der Waals surface area contributed by atoms with Crippen molar-refractivity contribution in [2.75, 3.05) is 11.9 Å². The summed E-state index contributed by atoms with van der Waals surface area (Å²) in [7, 11) is 0. The van der Waals surface area contributed by atoms with E-state index in [4.69, 9.17) is 5.11 Å². The Hall–Kier alpha value is -2.58. The van der Waals surface area contributed by atoms with E-state index in [1.165, 1.54) is 18.2 Å². The van der Waals surface area contributed by atoms with Crippen molar-refractivity contribution in [2.24, 2.45) is 0 Å². The monoisotopic (exact) mass is 286 g/mol. The van der Waals surface area contributed by atoms with Gasteiger partial charge in [-0.1, -0.05) is 11.8 Å². The van der Waals surface area contributed by atoms with Crippen LogP contribution in [0.5, 0.6) is 0 Å². The fourth-order valence-corrected chi connectivity index (χ4v) is 1.95. The molecule has 1 aromatic carbocycles. The first-order chi connectivity index (χ1) is 10.2. The number of nitrogens with zero attached hydrogens (tertiary/aromatic N) is 1. The van der Waals surface area contributed by atoms with Gasteiger partial charge in [0.1, 0.15) is 18.1 Å². The van der Waals surface area contributed by atoms with Crippen LogP contribution in [0.3, 0.4) is 0 Å². The van der Waals surface area contributed by atoms with Crippen LogP contribution in [0.15, 0.2) is 36.5 Å². The average Bonchev–Trinajstić information content (AvgIpc) is 2.96. The number of aliphatic hydroxyl groups excluding tert-OH is 1. The second kappa shape index (κ2) is 6.73. The van der Waals surface area contributed by atoms with Crippen molar-refractivity contribution < 1.29 is 14.3 Å². The molecule has 0 unspecified atom stereocenters. The lowest BCUT2D eigenvalue weighted by Crippen LogP contribution is -2.17. The van der Waals surface area contributed by atoms with Crippen molar-refractivity contribution in [3.8, 4) is 11.8 Å². The molecule has 2 rings (SSSR count). The number of anilines is 1. The number of carbonyl (C=O) groups is 1. The summed E-state index contributed by atoms with van der Waals surface area (Å²) in [5.41, 5.74) is 1.25. The number of aryl methyl sites for hydroxylation is 1. The second-order valence-electron chi connectivity index (χ2n) is 4.28. The van der Waals surface area contributed by atoms with Gasteiger partial charge in [-0.3, -0.25) is 4.79 Å². The van der Waals surface area contributed by atoms with Gasteiger partial charge in [0.05, 0.1) is 11.3 Å². The third-order valence-corrected chi connectivity index (χ3v) is 2.93. The molecule has 0 aliphatic rings. The molecule has 0 fully saturated rings. The minimum Gasteiger partial charge on any atom is -0.384 e. The number of hydrogen-bond acceptors (Lipinski definition) is 2. The van der Waals surface area contributed by atoms with Gasteiger partial charge in [0.15, 0.2) is 0 Å². The van der Waals surface area contributed by atoms with Crippen molar-refractivity contribution >= 4 is 11.6 Å². The standard InChI is InChI=1S/C16H15FN2O2/c1-2-19-9-3-6-15(19)16(21)18-14-8-7-13(17)11-12(14)5-4-10-20/h3,6-9,11,20H,2,10H2,1H3,(H,18,21). The zero-order chi connectivity index (χ0) is 15.2. The first-order valence-corrected chi connectivity index (χ1v) is 6.51. The number of hydrogen-bond donors (Lipinski definition) is 2. The molecule has 1 heterocycles. The molecule has 5 heteroatoms. The SMILES string of the molecule is CCn1cccc1C(=O)Nc1ccc(F)cc1C#CCO. The van der Waals surface area contributed by atoms with E-state index in [9.17, 15) is 9.18 Å². The van der Waals surface area contributed by atoms with Crippen LogP contribution in [0.2, 0.25) is 0 Å². The molecule has 0 spiro atoms. The highest BCUT2D eigenvalue weighted by Gasteiger charge is 2.12. The van der Waals surface area contributed by atoms with Crippen molar-refractivity contribution in [1.29, 1.82) is 0 Å². The molecule has 2 N–H and O–H groups in total. The summed E-state index contributed by atoms with van der Waals surface area (Å²) in [6.45, 7) is 2.28. The van der Waals surface area contributed by atoms with Gasteiger partial charge in [-0.05, 0) is 37.3 Å². The Morgan fingerprint density at radius 2 is 2.24 bits per heavy atom. The Balaban J connectivity index is 2.29. The van der Waals surface area contributed by atoms with Gasteiger partial charge in [0.2, 0.25) is 0 Å². The number of rotatable bonds is 3. The molecule has 0 bridgehead atoms. The fraction of sp³-hybridized carbons (Fsp3) is 0.188. The predicted molar refractivity (Wildman–Crippen MR) is 78.4 cm³/mol. The Bertz CT molecular complexity index is 711.